The Morgan fingerprint density at radius 2 is 2.04 bits per heavy atom. The average molecular weight is 324 g/mol. The molecule has 0 amide bonds. The van der Waals surface area contributed by atoms with Crippen LogP contribution in [0.4, 0.5) is 5.82 Å². The normalized spacial score (nSPS) is 11.2. The molecule has 0 atom stereocenters. The van der Waals surface area contributed by atoms with Crippen LogP contribution in [0.2, 0.25) is 0 Å². The van der Waals surface area contributed by atoms with Crippen molar-refractivity contribution in [3.05, 3.63) is 48.3 Å². The van der Waals surface area contributed by atoms with Crippen molar-refractivity contribution in [3.63, 3.8) is 0 Å². The van der Waals surface area contributed by atoms with E-state index in [-0.39, 0.29) is 0 Å². The molecule has 0 spiro atoms. The fourth-order valence-electron chi connectivity index (χ4n) is 2.15. The number of anilines is 1. The average Bonchev–Trinajstić information content (AvgIpc) is 3.08. The lowest BCUT2D eigenvalue weighted by Crippen LogP contribution is -1.98. The van der Waals surface area contributed by atoms with Gasteiger partial charge in [0.25, 0.3) is 0 Å². The van der Waals surface area contributed by atoms with Crippen molar-refractivity contribution in [1.29, 1.82) is 0 Å². The zero-order chi connectivity index (χ0) is 16.6. The molecular formula is C17H20N6O. The Balaban J connectivity index is 1.52. The molecule has 0 aliphatic rings. The molecule has 7 heteroatoms. The van der Waals surface area contributed by atoms with Crippen molar-refractivity contribution in [2.45, 2.75) is 26.2 Å². The van der Waals surface area contributed by atoms with E-state index in [9.17, 15) is 0 Å². The van der Waals surface area contributed by atoms with Gasteiger partial charge < -0.3 is 4.74 Å². The molecule has 0 fully saturated rings. The van der Waals surface area contributed by atoms with Crippen molar-refractivity contribution < 1.29 is 4.74 Å². The van der Waals surface area contributed by atoms with Crippen LogP contribution < -0.4 is 10.2 Å². The third-order valence-corrected chi connectivity index (χ3v) is 3.45. The maximum Gasteiger partial charge on any atom is 0.177 e. The van der Waals surface area contributed by atoms with E-state index in [1.165, 1.54) is 12.8 Å². The highest BCUT2D eigenvalue weighted by Gasteiger charge is 1.98. The zero-order valence-corrected chi connectivity index (χ0v) is 13.6. The molecule has 3 rings (SSSR count). The molecule has 24 heavy (non-hydrogen) atoms. The molecule has 0 bridgehead atoms. The van der Waals surface area contributed by atoms with E-state index in [1.54, 1.807) is 23.1 Å². The maximum absolute atomic E-state index is 5.69. The Morgan fingerprint density at radius 3 is 2.88 bits per heavy atom. The Labute approximate surface area is 140 Å². The van der Waals surface area contributed by atoms with Crippen LogP contribution in [-0.2, 0) is 0 Å². The molecule has 0 unspecified atom stereocenters. The highest BCUT2D eigenvalue weighted by atomic mass is 16.5. The van der Waals surface area contributed by atoms with Gasteiger partial charge in [-0.2, -0.15) is 9.62 Å². The van der Waals surface area contributed by atoms with Crippen LogP contribution in [0.5, 0.6) is 5.75 Å². The first-order valence-corrected chi connectivity index (χ1v) is 8.04. The topological polar surface area (TPSA) is 76.7 Å². The first-order valence-electron chi connectivity index (χ1n) is 8.04. The Morgan fingerprint density at radius 1 is 1.17 bits per heavy atom. The number of unbranched alkanes of at least 4 members (excludes halogenated alkanes) is 2. The number of hydrogen-bond acceptors (Lipinski definition) is 6. The van der Waals surface area contributed by atoms with E-state index >= 15 is 0 Å². The predicted molar refractivity (Wildman–Crippen MR) is 93.5 cm³/mol. The van der Waals surface area contributed by atoms with Gasteiger partial charge in [0.2, 0.25) is 0 Å². The molecule has 7 nitrogen and oxygen atoms in total. The molecule has 1 N–H and O–H groups in total. The van der Waals surface area contributed by atoms with E-state index < -0.39 is 0 Å². The highest BCUT2D eigenvalue weighted by molar-refractivity contribution is 5.80. The summed E-state index contributed by atoms with van der Waals surface area (Å²) in [5, 5.41) is 16.1. The van der Waals surface area contributed by atoms with Crippen molar-refractivity contribution in [3.8, 4) is 5.75 Å². The van der Waals surface area contributed by atoms with Gasteiger partial charge in [-0.3, -0.25) is 5.43 Å². The summed E-state index contributed by atoms with van der Waals surface area (Å²) in [5.41, 5.74) is 4.56. The van der Waals surface area contributed by atoms with Gasteiger partial charge in [0.05, 0.1) is 12.8 Å². The molecule has 2 aromatic heterocycles. The minimum absolute atomic E-state index is 0.620. The number of benzene rings is 1. The molecule has 1 aromatic carbocycles. The number of rotatable bonds is 8. The fourth-order valence-corrected chi connectivity index (χ4v) is 2.15. The summed E-state index contributed by atoms with van der Waals surface area (Å²) in [6.45, 7) is 2.95. The SMILES string of the molecule is CCCCCOc1ccc(C=NNc2ccc3nncn3n2)cc1. The van der Waals surface area contributed by atoms with E-state index in [2.05, 4.69) is 32.7 Å². The Hall–Kier alpha value is -2.96. The number of nitrogens with zero attached hydrogens (tertiary/aromatic N) is 5. The van der Waals surface area contributed by atoms with Gasteiger partial charge in [0, 0.05) is 0 Å². The summed E-state index contributed by atoms with van der Waals surface area (Å²) in [5.74, 6) is 1.50. The summed E-state index contributed by atoms with van der Waals surface area (Å²) in [4.78, 5) is 0. The van der Waals surface area contributed by atoms with Gasteiger partial charge in [-0.1, -0.05) is 19.8 Å². The Kier molecular flexibility index (Phi) is 5.34. The van der Waals surface area contributed by atoms with Gasteiger partial charge in [-0.25, -0.2) is 0 Å². The van der Waals surface area contributed by atoms with Gasteiger partial charge in [-0.15, -0.1) is 15.3 Å². The number of fused-ring (bicyclic) bond motifs is 1. The van der Waals surface area contributed by atoms with Crippen molar-refractivity contribution >= 4 is 17.7 Å². The van der Waals surface area contributed by atoms with Gasteiger partial charge in [-0.05, 0) is 48.4 Å². The van der Waals surface area contributed by atoms with Crippen molar-refractivity contribution in [2.75, 3.05) is 12.0 Å². The quantitative estimate of drug-likeness (QED) is 0.391. The van der Waals surface area contributed by atoms with E-state index in [1.807, 2.05) is 30.3 Å². The van der Waals surface area contributed by atoms with Crippen LogP contribution in [-0.4, -0.2) is 32.6 Å². The smallest absolute Gasteiger partial charge is 0.177 e. The third-order valence-electron chi connectivity index (χ3n) is 3.45. The van der Waals surface area contributed by atoms with E-state index in [0.717, 1.165) is 24.3 Å². The lowest BCUT2D eigenvalue weighted by molar-refractivity contribution is 0.306. The molecular weight excluding hydrogens is 304 g/mol. The molecule has 0 aliphatic carbocycles. The standard InChI is InChI=1S/C17H20N6O/c1-2-3-4-11-24-15-7-5-14(6-8-15)12-18-20-16-9-10-17-21-19-13-23(17)22-16/h5-10,12-13H,2-4,11H2,1H3,(H,20,22). The predicted octanol–water partition coefficient (Wildman–Crippen LogP) is 3.14. The van der Waals surface area contributed by atoms with E-state index in [0.29, 0.717) is 11.5 Å². The zero-order valence-electron chi connectivity index (χ0n) is 13.6. The lowest BCUT2D eigenvalue weighted by atomic mass is 10.2. The molecule has 3 aromatic rings. The second-order valence-electron chi connectivity index (χ2n) is 5.35. The minimum Gasteiger partial charge on any atom is -0.494 e. The number of nitrogens with one attached hydrogen (secondary N) is 1. The van der Waals surface area contributed by atoms with Crippen LogP contribution in [0.1, 0.15) is 31.7 Å². The minimum atomic E-state index is 0.620. The van der Waals surface area contributed by atoms with Gasteiger partial charge in [0.1, 0.15) is 12.1 Å². The second-order valence-corrected chi connectivity index (χ2v) is 5.35. The summed E-state index contributed by atoms with van der Waals surface area (Å²) in [7, 11) is 0. The van der Waals surface area contributed by atoms with Crippen LogP contribution in [0.15, 0.2) is 47.8 Å². The molecule has 0 radical (unpaired) electrons. The summed E-state index contributed by atoms with van der Waals surface area (Å²) in [6.07, 6.45) is 6.77. The first-order chi connectivity index (χ1) is 11.8. The molecule has 124 valence electrons. The highest BCUT2D eigenvalue weighted by Crippen LogP contribution is 2.12. The molecule has 0 saturated carbocycles. The number of aromatic nitrogens is 4. The summed E-state index contributed by atoms with van der Waals surface area (Å²) in [6, 6.07) is 11.5. The number of hydrazone groups is 1. The third kappa shape index (κ3) is 4.28. The maximum atomic E-state index is 5.69. The molecule has 2 heterocycles. The van der Waals surface area contributed by atoms with Crippen LogP contribution in [0.25, 0.3) is 5.65 Å². The summed E-state index contributed by atoms with van der Waals surface area (Å²) >= 11 is 0. The summed E-state index contributed by atoms with van der Waals surface area (Å²) < 4.78 is 7.27. The van der Waals surface area contributed by atoms with Crippen molar-refractivity contribution in [1.82, 2.24) is 19.8 Å². The van der Waals surface area contributed by atoms with E-state index in [4.69, 9.17) is 4.74 Å². The molecule has 0 aliphatic heterocycles. The largest absolute Gasteiger partial charge is 0.494 e. The fraction of sp³-hybridized carbons (Fsp3) is 0.294. The molecule has 0 saturated heterocycles. The number of ether oxygens (including phenoxy) is 1. The Bertz CT molecular complexity index is 796. The monoisotopic (exact) mass is 324 g/mol. The first kappa shape index (κ1) is 15.9. The van der Waals surface area contributed by atoms with Crippen LogP contribution in [0, 0.1) is 0 Å². The lowest BCUT2D eigenvalue weighted by Gasteiger charge is -2.05. The van der Waals surface area contributed by atoms with Gasteiger partial charge >= 0.3 is 0 Å². The van der Waals surface area contributed by atoms with Crippen molar-refractivity contribution in [2.24, 2.45) is 5.10 Å². The number of hydrogen-bond donors (Lipinski definition) is 1. The van der Waals surface area contributed by atoms with Crippen LogP contribution in [0.3, 0.4) is 0 Å². The van der Waals surface area contributed by atoms with Gasteiger partial charge in [0.15, 0.2) is 11.5 Å². The second kappa shape index (κ2) is 8.05. The van der Waals surface area contributed by atoms with Crippen LogP contribution >= 0.6 is 0 Å².